The molecule has 0 heterocycles. The normalized spacial score (nSPS) is 13.2. The van der Waals surface area contributed by atoms with Crippen LogP contribution in [0.25, 0.3) is 0 Å². The number of rotatable bonds is 11. The van der Waals surface area contributed by atoms with Crippen LogP contribution in [0.2, 0.25) is 0 Å². The lowest BCUT2D eigenvalue weighted by Gasteiger charge is -2.18. The second-order valence-electron chi connectivity index (χ2n) is 7.78. The van der Waals surface area contributed by atoms with Crippen LogP contribution in [0.3, 0.4) is 0 Å². The molecule has 160 valence electrons. The van der Waals surface area contributed by atoms with Crippen molar-refractivity contribution in [1.29, 1.82) is 0 Å². The lowest BCUT2D eigenvalue weighted by atomic mass is 9.84. The molecule has 0 saturated carbocycles. The zero-order chi connectivity index (χ0) is 21.6. The quantitative estimate of drug-likeness (QED) is 0.442. The molecular formula is C24H29NO4S. The van der Waals surface area contributed by atoms with E-state index in [0.717, 1.165) is 19.3 Å². The largest absolute Gasteiger partial charge is 0.289 e. The van der Waals surface area contributed by atoms with E-state index >= 15 is 0 Å². The van der Waals surface area contributed by atoms with Gasteiger partial charge in [-0.1, -0.05) is 76.1 Å². The van der Waals surface area contributed by atoms with Gasteiger partial charge in [0.1, 0.15) is 0 Å². The molecule has 0 unspecified atom stereocenters. The second kappa shape index (κ2) is 10.1. The van der Waals surface area contributed by atoms with Crippen molar-refractivity contribution >= 4 is 21.6 Å². The predicted molar refractivity (Wildman–Crippen MR) is 118 cm³/mol. The van der Waals surface area contributed by atoms with Crippen molar-refractivity contribution < 1.29 is 18.0 Å². The first-order chi connectivity index (χ1) is 14.5. The average Bonchev–Trinajstić information content (AvgIpc) is 2.76. The summed E-state index contributed by atoms with van der Waals surface area (Å²) in [5.74, 6) is -0.573. The Hall–Kier alpha value is -2.31. The van der Waals surface area contributed by atoms with Crippen LogP contribution >= 0.6 is 0 Å². The monoisotopic (exact) mass is 427 g/mol. The number of nitrogens with one attached hydrogen (secondary N) is 1. The molecule has 0 aliphatic heterocycles. The van der Waals surface area contributed by atoms with Crippen LogP contribution in [0, 0.1) is 0 Å². The van der Waals surface area contributed by atoms with E-state index in [9.17, 15) is 18.0 Å². The Labute approximate surface area is 178 Å². The van der Waals surface area contributed by atoms with Crippen LogP contribution in [0.4, 0.5) is 0 Å². The van der Waals surface area contributed by atoms with E-state index in [1.807, 2.05) is 0 Å². The number of carbonyl (C=O) groups excluding carboxylic acids is 2. The van der Waals surface area contributed by atoms with Crippen molar-refractivity contribution in [2.24, 2.45) is 0 Å². The van der Waals surface area contributed by atoms with Gasteiger partial charge in [-0.2, -0.15) is 0 Å². The summed E-state index contributed by atoms with van der Waals surface area (Å²) in [5.41, 5.74) is 1.07. The minimum atomic E-state index is -3.73. The van der Waals surface area contributed by atoms with Crippen LogP contribution in [-0.2, 0) is 10.0 Å². The molecule has 0 saturated heterocycles. The minimum Gasteiger partial charge on any atom is -0.289 e. The zero-order valence-corrected chi connectivity index (χ0v) is 18.3. The van der Waals surface area contributed by atoms with Gasteiger partial charge in [-0.15, -0.1) is 0 Å². The molecule has 0 fully saturated rings. The highest BCUT2D eigenvalue weighted by Gasteiger charge is 2.30. The highest BCUT2D eigenvalue weighted by Crippen LogP contribution is 2.28. The van der Waals surface area contributed by atoms with Gasteiger partial charge in [0.05, 0.1) is 4.90 Å². The number of carbonyl (C=O) groups is 2. The first-order valence-corrected chi connectivity index (χ1v) is 12.3. The Morgan fingerprint density at radius 1 is 0.700 bits per heavy atom. The number of hydrogen-bond donors (Lipinski definition) is 1. The summed E-state index contributed by atoms with van der Waals surface area (Å²) < 4.78 is 27.9. The van der Waals surface area contributed by atoms with Gasteiger partial charge in [0.2, 0.25) is 10.0 Å². The molecule has 30 heavy (non-hydrogen) atoms. The first kappa shape index (κ1) is 22.4. The third-order valence-electron chi connectivity index (χ3n) is 5.53. The number of benzene rings is 2. The summed E-state index contributed by atoms with van der Waals surface area (Å²) in [6, 6.07) is 10.8. The fourth-order valence-corrected chi connectivity index (χ4v) is 4.89. The molecule has 0 amide bonds. The van der Waals surface area contributed by atoms with Crippen LogP contribution in [0.15, 0.2) is 47.4 Å². The molecule has 2 aromatic rings. The summed E-state index contributed by atoms with van der Waals surface area (Å²) in [4.78, 5) is 25.5. The van der Waals surface area contributed by atoms with E-state index in [1.54, 1.807) is 24.3 Å². The summed E-state index contributed by atoms with van der Waals surface area (Å²) in [6.45, 7) is 2.56. The van der Waals surface area contributed by atoms with Gasteiger partial charge in [-0.3, -0.25) is 9.59 Å². The summed E-state index contributed by atoms with van der Waals surface area (Å²) in [7, 11) is -3.73. The highest BCUT2D eigenvalue weighted by atomic mass is 32.2. The van der Waals surface area contributed by atoms with Gasteiger partial charge in [-0.25, -0.2) is 13.1 Å². The van der Waals surface area contributed by atoms with Gasteiger partial charge in [0, 0.05) is 28.8 Å². The molecule has 0 atom stereocenters. The third kappa shape index (κ3) is 5.05. The fraction of sp³-hybridized carbons (Fsp3) is 0.417. The number of hydrogen-bond acceptors (Lipinski definition) is 4. The van der Waals surface area contributed by atoms with Crippen molar-refractivity contribution in [3.05, 3.63) is 64.7 Å². The molecular weight excluding hydrogens is 398 g/mol. The maximum Gasteiger partial charge on any atom is 0.240 e. The zero-order valence-electron chi connectivity index (χ0n) is 17.4. The summed E-state index contributed by atoms with van der Waals surface area (Å²) >= 11 is 0. The number of unbranched alkanes of at least 4 members (excludes halogenated alkanes) is 7. The predicted octanol–water partition coefficient (Wildman–Crippen LogP) is 4.88. The maximum atomic E-state index is 12.8. The first-order valence-electron chi connectivity index (χ1n) is 10.8. The molecule has 1 aliphatic carbocycles. The van der Waals surface area contributed by atoms with Gasteiger partial charge in [-0.05, 0) is 24.6 Å². The smallest absolute Gasteiger partial charge is 0.240 e. The van der Waals surface area contributed by atoms with Crippen molar-refractivity contribution in [3.8, 4) is 0 Å². The van der Waals surface area contributed by atoms with Crippen LogP contribution in [0.1, 0.15) is 90.1 Å². The fourth-order valence-electron chi connectivity index (χ4n) is 3.79. The SMILES string of the molecule is CCCCCCCCCCNS(=O)(=O)c1ccc2c(c1)C(=O)c1ccccc1C2=O. The summed E-state index contributed by atoms with van der Waals surface area (Å²) in [6.07, 6.45) is 9.09. The molecule has 2 aromatic carbocycles. The lowest BCUT2D eigenvalue weighted by Crippen LogP contribution is -2.26. The van der Waals surface area contributed by atoms with Gasteiger partial charge >= 0.3 is 0 Å². The van der Waals surface area contributed by atoms with Crippen LogP contribution < -0.4 is 4.72 Å². The Kier molecular flexibility index (Phi) is 7.56. The maximum absolute atomic E-state index is 12.8. The average molecular weight is 428 g/mol. The van der Waals surface area contributed by atoms with Crippen molar-refractivity contribution in [1.82, 2.24) is 4.72 Å². The number of ketones is 2. The highest BCUT2D eigenvalue weighted by molar-refractivity contribution is 7.89. The molecule has 0 aromatic heterocycles. The van der Waals surface area contributed by atoms with E-state index in [0.29, 0.717) is 17.7 Å². The van der Waals surface area contributed by atoms with E-state index in [-0.39, 0.29) is 27.6 Å². The molecule has 0 spiro atoms. The molecule has 6 heteroatoms. The van der Waals surface area contributed by atoms with Crippen molar-refractivity contribution in [2.45, 2.75) is 63.2 Å². The van der Waals surface area contributed by atoms with Gasteiger partial charge in [0.15, 0.2) is 11.6 Å². The third-order valence-corrected chi connectivity index (χ3v) is 6.99. The molecule has 0 radical (unpaired) electrons. The number of fused-ring (bicyclic) bond motifs is 2. The Morgan fingerprint density at radius 2 is 1.23 bits per heavy atom. The molecule has 0 bridgehead atoms. The van der Waals surface area contributed by atoms with Crippen LogP contribution in [0.5, 0.6) is 0 Å². The topological polar surface area (TPSA) is 80.3 Å². The van der Waals surface area contributed by atoms with E-state index in [2.05, 4.69) is 11.6 Å². The summed E-state index contributed by atoms with van der Waals surface area (Å²) in [5, 5.41) is 0. The van der Waals surface area contributed by atoms with E-state index in [4.69, 9.17) is 0 Å². The molecule has 1 N–H and O–H groups in total. The van der Waals surface area contributed by atoms with Crippen molar-refractivity contribution in [2.75, 3.05) is 6.54 Å². The van der Waals surface area contributed by atoms with Gasteiger partial charge < -0.3 is 0 Å². The van der Waals surface area contributed by atoms with Gasteiger partial charge in [0.25, 0.3) is 0 Å². The Balaban J connectivity index is 1.60. The molecule has 3 rings (SSSR count). The molecule has 1 aliphatic rings. The van der Waals surface area contributed by atoms with E-state index < -0.39 is 10.0 Å². The van der Waals surface area contributed by atoms with Crippen molar-refractivity contribution in [3.63, 3.8) is 0 Å². The lowest BCUT2D eigenvalue weighted by molar-refractivity contribution is 0.0979. The molecule has 5 nitrogen and oxygen atoms in total. The standard InChI is InChI=1S/C24H29NO4S/c1-2-3-4-5-6-7-8-11-16-25-30(28,29)18-14-15-21-22(17-18)24(27)20-13-10-9-12-19(20)23(21)26/h9-10,12-15,17,25H,2-8,11,16H2,1H3. The van der Waals surface area contributed by atoms with E-state index in [1.165, 1.54) is 50.3 Å². The number of sulfonamides is 1. The van der Waals surface area contributed by atoms with Crippen LogP contribution in [-0.4, -0.2) is 26.5 Å². The Bertz CT molecular complexity index is 1030. The minimum absolute atomic E-state index is 0.0151. The second-order valence-corrected chi connectivity index (χ2v) is 9.55. The Morgan fingerprint density at radius 3 is 1.87 bits per heavy atom.